The standard InChI is InChI=1S/C18H21N3O4/c1-2-24-15-7-3-4-8-16(15)25-14-6-5-9-21(12-14)18-19-10-13(11-20-18)17(22)23/h3-4,7-8,10-11,14H,2,5-6,9,12H2,1H3,(H,22,23). The van der Waals surface area contributed by atoms with Crippen LogP contribution < -0.4 is 14.4 Å². The van der Waals surface area contributed by atoms with Crippen LogP contribution in [0.3, 0.4) is 0 Å². The van der Waals surface area contributed by atoms with Crippen molar-refractivity contribution in [1.82, 2.24) is 9.97 Å². The van der Waals surface area contributed by atoms with Gasteiger partial charge in [0.25, 0.3) is 0 Å². The first kappa shape index (κ1) is 17.0. The van der Waals surface area contributed by atoms with Crippen LogP contribution in [0.4, 0.5) is 5.95 Å². The minimum atomic E-state index is -1.03. The van der Waals surface area contributed by atoms with E-state index in [2.05, 4.69) is 9.97 Å². The normalized spacial score (nSPS) is 17.2. The molecular weight excluding hydrogens is 322 g/mol. The Balaban J connectivity index is 1.68. The largest absolute Gasteiger partial charge is 0.490 e. The summed E-state index contributed by atoms with van der Waals surface area (Å²) in [4.78, 5) is 21.3. The highest BCUT2D eigenvalue weighted by Gasteiger charge is 2.24. The number of hydrogen-bond donors (Lipinski definition) is 1. The molecule has 0 radical (unpaired) electrons. The SMILES string of the molecule is CCOc1ccccc1OC1CCCN(c2ncc(C(=O)O)cn2)C1. The van der Waals surface area contributed by atoms with Gasteiger partial charge in [0.2, 0.25) is 5.95 Å². The van der Waals surface area contributed by atoms with Gasteiger partial charge >= 0.3 is 5.97 Å². The molecule has 3 rings (SSSR count). The molecule has 1 unspecified atom stereocenters. The average Bonchev–Trinajstić information content (AvgIpc) is 2.64. The second kappa shape index (κ2) is 7.83. The average molecular weight is 343 g/mol. The van der Waals surface area contributed by atoms with Crippen molar-refractivity contribution >= 4 is 11.9 Å². The minimum absolute atomic E-state index is 0.00175. The van der Waals surface area contributed by atoms with Crippen molar-refractivity contribution in [1.29, 1.82) is 0 Å². The van der Waals surface area contributed by atoms with Gasteiger partial charge in [0, 0.05) is 18.9 Å². The van der Waals surface area contributed by atoms with Crippen molar-refractivity contribution in [3.05, 3.63) is 42.2 Å². The third-order valence-corrected chi connectivity index (χ3v) is 3.99. The molecule has 0 amide bonds. The molecule has 1 saturated heterocycles. The van der Waals surface area contributed by atoms with E-state index in [0.717, 1.165) is 30.9 Å². The van der Waals surface area contributed by atoms with E-state index in [1.54, 1.807) is 0 Å². The van der Waals surface area contributed by atoms with Crippen LogP contribution in [0.5, 0.6) is 11.5 Å². The number of carboxylic acids is 1. The summed E-state index contributed by atoms with van der Waals surface area (Å²) >= 11 is 0. The van der Waals surface area contributed by atoms with E-state index in [4.69, 9.17) is 14.6 Å². The zero-order valence-corrected chi connectivity index (χ0v) is 14.1. The lowest BCUT2D eigenvalue weighted by atomic mass is 10.1. The van der Waals surface area contributed by atoms with E-state index in [1.807, 2.05) is 36.1 Å². The lowest BCUT2D eigenvalue weighted by Gasteiger charge is -2.33. The Morgan fingerprint density at radius 2 is 2.00 bits per heavy atom. The lowest BCUT2D eigenvalue weighted by Crippen LogP contribution is -2.42. The molecule has 1 aliphatic rings. The predicted octanol–water partition coefficient (Wildman–Crippen LogP) is 2.62. The molecule has 7 nitrogen and oxygen atoms in total. The van der Waals surface area contributed by atoms with Gasteiger partial charge in [0.05, 0.1) is 18.7 Å². The van der Waals surface area contributed by atoms with Crippen LogP contribution in [0, 0.1) is 0 Å². The quantitative estimate of drug-likeness (QED) is 0.863. The number of anilines is 1. The number of rotatable bonds is 6. The number of nitrogens with zero attached hydrogens (tertiary/aromatic N) is 3. The Labute approximate surface area is 146 Å². The summed E-state index contributed by atoms with van der Waals surface area (Å²) in [5.74, 6) is 0.970. The first-order chi connectivity index (χ1) is 12.2. The molecule has 0 spiro atoms. The monoisotopic (exact) mass is 343 g/mol. The Bertz CT molecular complexity index is 721. The lowest BCUT2D eigenvalue weighted by molar-refractivity contribution is 0.0696. The van der Waals surface area contributed by atoms with E-state index in [0.29, 0.717) is 19.1 Å². The molecule has 1 aliphatic heterocycles. The molecule has 132 valence electrons. The molecule has 0 bridgehead atoms. The van der Waals surface area contributed by atoms with Crippen LogP contribution in [-0.2, 0) is 0 Å². The second-order valence-corrected chi connectivity index (χ2v) is 5.78. The van der Waals surface area contributed by atoms with Crippen molar-refractivity contribution in [2.24, 2.45) is 0 Å². The van der Waals surface area contributed by atoms with Crippen molar-refractivity contribution in [2.45, 2.75) is 25.9 Å². The third-order valence-electron chi connectivity index (χ3n) is 3.99. The van der Waals surface area contributed by atoms with Gasteiger partial charge in [0.1, 0.15) is 6.10 Å². The van der Waals surface area contributed by atoms with Gasteiger partial charge in [-0.2, -0.15) is 0 Å². The fourth-order valence-electron chi connectivity index (χ4n) is 2.81. The summed E-state index contributed by atoms with van der Waals surface area (Å²) in [6.45, 7) is 3.99. The molecule has 2 heterocycles. The van der Waals surface area contributed by atoms with E-state index in [1.165, 1.54) is 12.4 Å². The number of aromatic carboxylic acids is 1. The number of aromatic nitrogens is 2. The maximum absolute atomic E-state index is 10.9. The van der Waals surface area contributed by atoms with Crippen LogP contribution in [0.15, 0.2) is 36.7 Å². The van der Waals surface area contributed by atoms with E-state index in [9.17, 15) is 4.79 Å². The number of hydrogen-bond acceptors (Lipinski definition) is 6. The molecule has 25 heavy (non-hydrogen) atoms. The van der Waals surface area contributed by atoms with Crippen molar-refractivity contribution in [2.75, 3.05) is 24.6 Å². The first-order valence-corrected chi connectivity index (χ1v) is 8.36. The summed E-state index contributed by atoms with van der Waals surface area (Å²) in [6.07, 6.45) is 4.55. The summed E-state index contributed by atoms with van der Waals surface area (Å²) in [5, 5.41) is 8.94. The summed E-state index contributed by atoms with van der Waals surface area (Å²) < 4.78 is 11.7. The fourth-order valence-corrected chi connectivity index (χ4v) is 2.81. The third kappa shape index (κ3) is 4.17. The Hall–Kier alpha value is -2.83. The molecule has 0 saturated carbocycles. The Morgan fingerprint density at radius 3 is 2.68 bits per heavy atom. The van der Waals surface area contributed by atoms with Gasteiger partial charge in [-0.1, -0.05) is 12.1 Å². The summed E-state index contributed by atoms with van der Waals surface area (Å²) in [7, 11) is 0. The highest BCUT2D eigenvalue weighted by Crippen LogP contribution is 2.29. The van der Waals surface area contributed by atoms with Gasteiger partial charge in [-0.25, -0.2) is 14.8 Å². The predicted molar refractivity (Wildman–Crippen MR) is 92.5 cm³/mol. The van der Waals surface area contributed by atoms with E-state index < -0.39 is 5.97 Å². The molecular formula is C18H21N3O4. The molecule has 0 aliphatic carbocycles. The highest BCUT2D eigenvalue weighted by atomic mass is 16.5. The van der Waals surface area contributed by atoms with Crippen LogP contribution in [0.1, 0.15) is 30.1 Å². The zero-order valence-electron chi connectivity index (χ0n) is 14.1. The number of carboxylic acid groups (broad SMARTS) is 1. The molecule has 1 N–H and O–H groups in total. The number of para-hydroxylation sites is 2. The number of carbonyl (C=O) groups is 1. The van der Waals surface area contributed by atoms with Crippen LogP contribution in [0.25, 0.3) is 0 Å². The van der Waals surface area contributed by atoms with Crippen molar-refractivity contribution < 1.29 is 19.4 Å². The molecule has 1 fully saturated rings. The minimum Gasteiger partial charge on any atom is -0.490 e. The summed E-state index contributed by atoms with van der Waals surface area (Å²) in [6, 6.07) is 7.64. The molecule has 1 aromatic heterocycles. The number of benzene rings is 1. The topological polar surface area (TPSA) is 84.8 Å². The summed E-state index contributed by atoms with van der Waals surface area (Å²) in [5.41, 5.74) is 0.0826. The highest BCUT2D eigenvalue weighted by molar-refractivity contribution is 5.86. The molecule has 2 aromatic rings. The second-order valence-electron chi connectivity index (χ2n) is 5.78. The van der Waals surface area contributed by atoms with Crippen LogP contribution >= 0.6 is 0 Å². The first-order valence-electron chi connectivity index (χ1n) is 8.36. The molecule has 7 heteroatoms. The molecule has 1 aromatic carbocycles. The number of piperidine rings is 1. The van der Waals surface area contributed by atoms with E-state index in [-0.39, 0.29) is 11.7 Å². The van der Waals surface area contributed by atoms with Crippen LogP contribution in [0.2, 0.25) is 0 Å². The smallest absolute Gasteiger partial charge is 0.338 e. The van der Waals surface area contributed by atoms with Gasteiger partial charge in [0.15, 0.2) is 11.5 Å². The van der Waals surface area contributed by atoms with Crippen LogP contribution in [-0.4, -0.2) is 46.8 Å². The zero-order chi connectivity index (χ0) is 17.6. The maximum Gasteiger partial charge on any atom is 0.338 e. The maximum atomic E-state index is 10.9. The van der Waals surface area contributed by atoms with Gasteiger partial charge < -0.3 is 19.5 Å². The Kier molecular flexibility index (Phi) is 5.33. The number of ether oxygens (including phenoxy) is 2. The van der Waals surface area contributed by atoms with Gasteiger partial charge in [-0.15, -0.1) is 0 Å². The van der Waals surface area contributed by atoms with Gasteiger partial charge in [-0.05, 0) is 31.9 Å². The fraction of sp³-hybridized carbons (Fsp3) is 0.389. The van der Waals surface area contributed by atoms with Crippen molar-refractivity contribution in [3.63, 3.8) is 0 Å². The Morgan fingerprint density at radius 1 is 1.28 bits per heavy atom. The van der Waals surface area contributed by atoms with E-state index >= 15 is 0 Å². The van der Waals surface area contributed by atoms with Crippen molar-refractivity contribution in [3.8, 4) is 11.5 Å². The molecule has 1 atom stereocenters. The van der Waals surface area contributed by atoms with Gasteiger partial charge in [-0.3, -0.25) is 0 Å².